The Bertz CT molecular complexity index is 135. The predicted molar refractivity (Wildman–Crippen MR) is 56.4 cm³/mol. The third kappa shape index (κ3) is 3.66. The molecule has 0 aliphatic carbocycles. The third-order valence-electron chi connectivity index (χ3n) is 2.15. The minimum Gasteiger partial charge on any atom is -0.458 e. The van der Waals surface area contributed by atoms with Gasteiger partial charge in [-0.15, -0.1) is 6.58 Å². The van der Waals surface area contributed by atoms with Gasteiger partial charge in [0.2, 0.25) is 0 Å². The van der Waals surface area contributed by atoms with Gasteiger partial charge in [-0.2, -0.15) is 0 Å². The van der Waals surface area contributed by atoms with E-state index in [4.69, 9.17) is 8.85 Å². The Hall–Kier alpha value is 0.0938. The highest BCUT2D eigenvalue weighted by atomic mass is 28.3. The zero-order chi connectivity index (χ0) is 8.81. The maximum atomic E-state index is 5.77. The van der Waals surface area contributed by atoms with Gasteiger partial charge in [0.25, 0.3) is 0 Å². The van der Waals surface area contributed by atoms with Gasteiger partial charge in [0.1, 0.15) is 0 Å². The minimum atomic E-state index is -1.01. The van der Waals surface area contributed by atoms with Crippen molar-refractivity contribution in [3.63, 3.8) is 0 Å². The molecule has 2 nitrogen and oxygen atoms in total. The van der Waals surface area contributed by atoms with Gasteiger partial charge in [-0.1, -0.05) is 5.70 Å². The SMILES string of the molecule is C=C[SiH](C)O[SiH2]C1CCCCO1. The zero-order valence-electron chi connectivity index (χ0n) is 7.79. The van der Waals surface area contributed by atoms with Crippen LogP contribution in [0.5, 0.6) is 0 Å². The molecule has 0 saturated carbocycles. The molecule has 0 N–H and O–H groups in total. The van der Waals surface area contributed by atoms with Crippen molar-refractivity contribution in [1.82, 2.24) is 0 Å². The van der Waals surface area contributed by atoms with Crippen LogP contribution in [0.1, 0.15) is 19.3 Å². The maximum absolute atomic E-state index is 5.77. The van der Waals surface area contributed by atoms with E-state index in [1.807, 2.05) is 5.70 Å². The number of rotatable bonds is 4. The van der Waals surface area contributed by atoms with Crippen LogP contribution in [-0.2, 0) is 8.85 Å². The van der Waals surface area contributed by atoms with Crippen molar-refractivity contribution in [2.45, 2.75) is 31.5 Å². The topological polar surface area (TPSA) is 18.5 Å². The summed E-state index contributed by atoms with van der Waals surface area (Å²) in [7, 11) is -1.43. The van der Waals surface area contributed by atoms with Crippen molar-refractivity contribution >= 4 is 18.8 Å². The number of hydrogen-bond donors (Lipinski definition) is 0. The molecule has 0 bridgehead atoms. The van der Waals surface area contributed by atoms with Gasteiger partial charge in [0.15, 0.2) is 18.8 Å². The minimum absolute atomic E-state index is 0.425. The molecule has 1 aliphatic rings. The first-order chi connectivity index (χ1) is 5.83. The molecule has 1 aliphatic heterocycles. The summed E-state index contributed by atoms with van der Waals surface area (Å²) in [6.45, 7) is 6.86. The first-order valence-corrected chi connectivity index (χ1v) is 8.37. The van der Waals surface area contributed by atoms with E-state index in [-0.39, 0.29) is 0 Å². The smallest absolute Gasteiger partial charge is 0.184 e. The predicted octanol–water partition coefficient (Wildman–Crippen LogP) is 0.692. The van der Waals surface area contributed by atoms with E-state index in [1.165, 1.54) is 19.3 Å². The monoisotopic (exact) mass is 202 g/mol. The lowest BCUT2D eigenvalue weighted by molar-refractivity contribution is 0.0598. The molecule has 0 aromatic carbocycles. The molecular formula is C8H18O2Si2. The Kier molecular flexibility index (Phi) is 4.83. The lowest BCUT2D eigenvalue weighted by Crippen LogP contribution is -2.30. The normalized spacial score (nSPS) is 27.6. The van der Waals surface area contributed by atoms with Crippen molar-refractivity contribution in [2.24, 2.45) is 0 Å². The Morgan fingerprint density at radius 1 is 1.67 bits per heavy atom. The maximum Gasteiger partial charge on any atom is 0.184 e. The molecule has 1 fully saturated rings. The summed E-state index contributed by atoms with van der Waals surface area (Å²) >= 11 is 0. The standard InChI is InChI=1S/C8H18O2Si2/c1-3-12(2)10-11-8-6-4-5-7-9-8/h3,8,12H,1,4-7,11H2,2H3. The molecule has 0 spiro atoms. The largest absolute Gasteiger partial charge is 0.458 e. The molecule has 4 heteroatoms. The van der Waals surface area contributed by atoms with E-state index < -0.39 is 18.8 Å². The number of ether oxygens (including phenoxy) is 1. The fraction of sp³-hybridized carbons (Fsp3) is 0.750. The van der Waals surface area contributed by atoms with Gasteiger partial charge in [-0.05, 0) is 25.8 Å². The van der Waals surface area contributed by atoms with Crippen molar-refractivity contribution in [3.05, 3.63) is 12.3 Å². The average molecular weight is 202 g/mol. The van der Waals surface area contributed by atoms with Crippen molar-refractivity contribution < 1.29 is 8.85 Å². The van der Waals surface area contributed by atoms with Gasteiger partial charge < -0.3 is 8.85 Å². The van der Waals surface area contributed by atoms with Crippen LogP contribution in [-0.4, -0.2) is 31.1 Å². The lowest BCUT2D eigenvalue weighted by atomic mass is 10.2. The fourth-order valence-electron chi connectivity index (χ4n) is 1.27. The molecule has 1 saturated heterocycles. The van der Waals surface area contributed by atoms with Crippen LogP contribution in [0.3, 0.4) is 0 Å². The Balaban J connectivity index is 2.08. The molecule has 0 aromatic rings. The van der Waals surface area contributed by atoms with E-state index in [0.29, 0.717) is 5.73 Å². The van der Waals surface area contributed by atoms with Gasteiger partial charge >= 0.3 is 0 Å². The summed E-state index contributed by atoms with van der Waals surface area (Å²) in [6, 6.07) is 0. The molecule has 0 amide bonds. The van der Waals surface area contributed by atoms with E-state index >= 15 is 0 Å². The van der Waals surface area contributed by atoms with Crippen LogP contribution in [0.2, 0.25) is 6.55 Å². The van der Waals surface area contributed by atoms with Crippen LogP contribution in [0.15, 0.2) is 12.3 Å². The van der Waals surface area contributed by atoms with Gasteiger partial charge in [-0.3, -0.25) is 0 Å². The summed E-state index contributed by atoms with van der Waals surface area (Å²) in [5, 5.41) is 0. The second-order valence-corrected chi connectivity index (χ2v) is 7.72. The summed E-state index contributed by atoms with van der Waals surface area (Å²) in [6.07, 6.45) is 3.79. The molecule has 0 aromatic heterocycles. The Morgan fingerprint density at radius 2 is 2.50 bits per heavy atom. The molecule has 12 heavy (non-hydrogen) atoms. The lowest BCUT2D eigenvalue weighted by Gasteiger charge is -2.22. The molecule has 2 atom stereocenters. The summed E-state index contributed by atoms with van der Waals surface area (Å²) in [5.41, 5.74) is 2.48. The fourth-order valence-corrected chi connectivity index (χ4v) is 4.60. The van der Waals surface area contributed by atoms with Gasteiger partial charge in [-0.25, -0.2) is 0 Å². The van der Waals surface area contributed by atoms with E-state index in [2.05, 4.69) is 13.1 Å². The van der Waals surface area contributed by atoms with Crippen LogP contribution in [0.4, 0.5) is 0 Å². The highest BCUT2D eigenvalue weighted by Crippen LogP contribution is 2.11. The summed E-state index contributed by atoms with van der Waals surface area (Å²) in [4.78, 5) is 0. The van der Waals surface area contributed by atoms with Crippen LogP contribution in [0.25, 0.3) is 0 Å². The highest BCUT2D eigenvalue weighted by molar-refractivity contribution is 6.62. The first kappa shape index (κ1) is 10.2. The average Bonchev–Trinajstić information content (AvgIpc) is 2.16. The molecule has 1 heterocycles. The molecule has 70 valence electrons. The Labute approximate surface area is 78.6 Å². The highest BCUT2D eigenvalue weighted by Gasteiger charge is 2.15. The number of hydrogen-bond acceptors (Lipinski definition) is 2. The molecule has 1 rings (SSSR count). The quantitative estimate of drug-likeness (QED) is 0.625. The van der Waals surface area contributed by atoms with Crippen molar-refractivity contribution in [1.29, 1.82) is 0 Å². The van der Waals surface area contributed by atoms with Crippen LogP contribution < -0.4 is 0 Å². The summed E-state index contributed by atoms with van der Waals surface area (Å²) < 4.78 is 11.4. The third-order valence-corrected chi connectivity index (χ3v) is 6.70. The van der Waals surface area contributed by atoms with Gasteiger partial charge in [0.05, 0.1) is 5.73 Å². The van der Waals surface area contributed by atoms with Crippen LogP contribution in [0, 0.1) is 0 Å². The van der Waals surface area contributed by atoms with Crippen molar-refractivity contribution in [3.8, 4) is 0 Å². The Morgan fingerprint density at radius 3 is 3.08 bits per heavy atom. The zero-order valence-corrected chi connectivity index (χ0v) is 10.4. The molecule has 2 unspecified atom stereocenters. The van der Waals surface area contributed by atoms with E-state index in [0.717, 1.165) is 6.61 Å². The first-order valence-electron chi connectivity index (χ1n) is 4.68. The van der Waals surface area contributed by atoms with Crippen LogP contribution >= 0.6 is 0 Å². The second-order valence-electron chi connectivity index (χ2n) is 3.26. The molecule has 0 radical (unpaired) electrons. The van der Waals surface area contributed by atoms with E-state index in [1.54, 1.807) is 0 Å². The molecular weight excluding hydrogens is 184 g/mol. The summed E-state index contributed by atoms with van der Waals surface area (Å²) in [5.74, 6) is 0. The van der Waals surface area contributed by atoms with E-state index in [9.17, 15) is 0 Å². The second kappa shape index (κ2) is 5.69. The van der Waals surface area contributed by atoms with Gasteiger partial charge in [0, 0.05) is 6.61 Å². The van der Waals surface area contributed by atoms with Crippen molar-refractivity contribution in [2.75, 3.05) is 6.61 Å².